The van der Waals surface area contributed by atoms with E-state index in [4.69, 9.17) is 9.47 Å². The van der Waals surface area contributed by atoms with Gasteiger partial charge in [0, 0.05) is 6.42 Å². The van der Waals surface area contributed by atoms with Gasteiger partial charge in [-0.25, -0.2) is 9.59 Å². The largest absolute Gasteiger partial charge is 0.488 e. The van der Waals surface area contributed by atoms with Crippen molar-refractivity contribution in [1.82, 2.24) is 4.90 Å². The molecule has 0 saturated carbocycles. The van der Waals surface area contributed by atoms with E-state index in [0.717, 1.165) is 16.9 Å². The van der Waals surface area contributed by atoms with Crippen LogP contribution < -0.4 is 4.74 Å². The lowest BCUT2D eigenvalue weighted by molar-refractivity contribution is -0.142. The number of hydrogen-bond acceptors (Lipinski definition) is 4. The molecule has 1 aromatic rings. The summed E-state index contributed by atoms with van der Waals surface area (Å²) in [5.74, 6) is -0.319. The Morgan fingerprint density at radius 3 is 2.30 bits per heavy atom. The van der Waals surface area contributed by atoms with E-state index in [1.165, 1.54) is 4.90 Å². The smallest absolute Gasteiger partial charge is 0.411 e. The third-order valence-corrected chi connectivity index (χ3v) is 4.41. The van der Waals surface area contributed by atoms with Crippen molar-refractivity contribution in [1.29, 1.82) is 0 Å². The number of hydrogen-bond donors (Lipinski definition) is 1. The molecule has 27 heavy (non-hydrogen) atoms. The number of carbonyl (C=O) groups excluding carboxylic acids is 1. The highest BCUT2D eigenvalue weighted by molar-refractivity contribution is 5.81. The maximum atomic E-state index is 12.4. The highest BCUT2D eigenvalue weighted by atomic mass is 16.6. The van der Waals surface area contributed by atoms with Crippen LogP contribution in [-0.2, 0) is 14.9 Å². The van der Waals surface area contributed by atoms with Crippen molar-refractivity contribution in [2.24, 2.45) is 0 Å². The van der Waals surface area contributed by atoms with Crippen molar-refractivity contribution in [2.75, 3.05) is 6.54 Å². The van der Waals surface area contributed by atoms with E-state index in [1.807, 2.05) is 19.1 Å². The average Bonchev–Trinajstić information content (AvgIpc) is 2.90. The van der Waals surface area contributed by atoms with Crippen molar-refractivity contribution in [3.05, 3.63) is 29.3 Å². The van der Waals surface area contributed by atoms with Crippen LogP contribution in [0.3, 0.4) is 0 Å². The van der Waals surface area contributed by atoms with Gasteiger partial charge in [0.25, 0.3) is 0 Å². The Labute approximate surface area is 161 Å². The summed E-state index contributed by atoms with van der Waals surface area (Å²) in [7, 11) is 0. The summed E-state index contributed by atoms with van der Waals surface area (Å²) < 4.78 is 11.5. The van der Waals surface area contributed by atoms with Gasteiger partial charge in [0.05, 0.1) is 6.54 Å². The van der Waals surface area contributed by atoms with E-state index < -0.39 is 29.8 Å². The van der Waals surface area contributed by atoms with Crippen LogP contribution in [0.5, 0.6) is 5.75 Å². The number of carbonyl (C=O) groups is 2. The molecule has 1 N–H and O–H groups in total. The molecule has 2 rings (SSSR count). The summed E-state index contributed by atoms with van der Waals surface area (Å²) in [6.45, 7) is 13.8. The molecule has 1 aromatic carbocycles. The van der Waals surface area contributed by atoms with Crippen molar-refractivity contribution in [3.63, 3.8) is 0 Å². The van der Waals surface area contributed by atoms with Crippen LogP contribution in [0.2, 0.25) is 0 Å². The fraction of sp³-hybridized carbons (Fsp3) is 0.619. The second-order valence-electron chi connectivity index (χ2n) is 9.21. The summed E-state index contributed by atoms with van der Waals surface area (Å²) in [6.07, 6.45) is -0.796. The number of nitrogens with zero attached hydrogens (tertiary/aromatic N) is 1. The summed E-state index contributed by atoms with van der Waals surface area (Å²) in [4.78, 5) is 25.3. The molecule has 0 aliphatic carbocycles. The SMILES string of the molecule is Cc1ccc(O[C@H]2C[C@@H](C(=O)O)N(C(=O)OC(C)(C)C)C2)c(C(C)(C)C)c1. The summed E-state index contributed by atoms with van der Waals surface area (Å²) in [6, 6.07) is 5.03. The molecule has 1 heterocycles. The number of ether oxygens (including phenoxy) is 2. The number of carboxylic acids is 1. The lowest BCUT2D eigenvalue weighted by atomic mass is 9.85. The van der Waals surface area contributed by atoms with Crippen LogP contribution in [-0.4, -0.2) is 46.4 Å². The van der Waals surface area contributed by atoms with Crippen LogP contribution in [0.15, 0.2) is 18.2 Å². The Bertz CT molecular complexity index is 714. The third kappa shape index (κ3) is 5.37. The minimum Gasteiger partial charge on any atom is -0.488 e. The summed E-state index contributed by atoms with van der Waals surface area (Å²) in [5, 5.41) is 9.53. The van der Waals surface area contributed by atoms with Crippen molar-refractivity contribution in [2.45, 2.75) is 78.0 Å². The molecular formula is C21H31NO5. The normalized spacial score (nSPS) is 20.5. The topological polar surface area (TPSA) is 76.1 Å². The molecule has 0 bridgehead atoms. The van der Waals surface area contributed by atoms with Crippen LogP contribution in [0, 0.1) is 6.92 Å². The first-order chi connectivity index (χ1) is 12.3. The van der Waals surface area contributed by atoms with Gasteiger partial charge < -0.3 is 14.6 Å². The first-order valence-corrected chi connectivity index (χ1v) is 9.28. The molecule has 1 aliphatic rings. The van der Waals surface area contributed by atoms with Gasteiger partial charge >= 0.3 is 12.1 Å². The van der Waals surface area contributed by atoms with Crippen molar-refractivity contribution < 1.29 is 24.2 Å². The molecule has 2 atom stereocenters. The molecule has 0 radical (unpaired) electrons. The van der Waals surface area contributed by atoms with E-state index in [2.05, 4.69) is 26.8 Å². The van der Waals surface area contributed by atoms with E-state index in [1.54, 1.807) is 20.8 Å². The van der Waals surface area contributed by atoms with Crippen molar-refractivity contribution in [3.8, 4) is 5.75 Å². The highest BCUT2D eigenvalue weighted by Gasteiger charge is 2.43. The minimum atomic E-state index is -1.05. The monoisotopic (exact) mass is 377 g/mol. The molecule has 1 fully saturated rings. The fourth-order valence-corrected chi connectivity index (χ4v) is 3.15. The lowest BCUT2D eigenvalue weighted by Gasteiger charge is -2.27. The van der Waals surface area contributed by atoms with Gasteiger partial charge in [-0.1, -0.05) is 38.5 Å². The van der Waals surface area contributed by atoms with Crippen LogP contribution in [0.1, 0.15) is 59.1 Å². The zero-order valence-corrected chi connectivity index (χ0v) is 17.3. The van der Waals surface area contributed by atoms with Gasteiger partial charge in [0.2, 0.25) is 0 Å². The van der Waals surface area contributed by atoms with Gasteiger partial charge in [-0.05, 0) is 44.7 Å². The van der Waals surface area contributed by atoms with Crippen LogP contribution >= 0.6 is 0 Å². The number of aliphatic carboxylic acids is 1. The minimum absolute atomic E-state index is 0.114. The highest BCUT2D eigenvalue weighted by Crippen LogP contribution is 2.34. The van der Waals surface area contributed by atoms with E-state index >= 15 is 0 Å². The molecular weight excluding hydrogens is 346 g/mol. The molecule has 1 saturated heterocycles. The average molecular weight is 377 g/mol. The van der Waals surface area contributed by atoms with Crippen molar-refractivity contribution >= 4 is 12.1 Å². The van der Waals surface area contributed by atoms with Gasteiger partial charge in [-0.3, -0.25) is 4.90 Å². The predicted octanol–water partition coefficient (Wildman–Crippen LogP) is 4.13. The Morgan fingerprint density at radius 1 is 1.15 bits per heavy atom. The second kappa shape index (κ2) is 7.41. The Hall–Kier alpha value is -2.24. The maximum Gasteiger partial charge on any atom is 0.411 e. The molecule has 1 amide bonds. The predicted molar refractivity (Wildman–Crippen MR) is 103 cm³/mol. The number of benzene rings is 1. The van der Waals surface area contributed by atoms with Gasteiger partial charge in [0.15, 0.2) is 0 Å². The molecule has 0 unspecified atom stereocenters. The van der Waals surface area contributed by atoms with Crippen LogP contribution in [0.4, 0.5) is 4.79 Å². The van der Waals surface area contributed by atoms with Crippen LogP contribution in [0.25, 0.3) is 0 Å². The Balaban J connectivity index is 2.22. The van der Waals surface area contributed by atoms with Gasteiger partial charge in [-0.2, -0.15) is 0 Å². The summed E-state index contributed by atoms with van der Waals surface area (Å²) >= 11 is 0. The standard InChI is InChI=1S/C21H31NO5/c1-13-8-9-17(15(10-13)20(2,3)4)26-14-11-16(18(23)24)22(12-14)19(25)27-21(5,6)7/h8-10,14,16H,11-12H2,1-7H3,(H,23,24)/t14-,16-/m0/s1. The lowest BCUT2D eigenvalue weighted by Crippen LogP contribution is -2.43. The van der Waals surface area contributed by atoms with E-state index in [9.17, 15) is 14.7 Å². The number of aryl methyl sites for hydroxylation is 1. The zero-order chi connectivity index (χ0) is 20.6. The number of amides is 1. The Kier molecular flexibility index (Phi) is 5.78. The maximum absolute atomic E-state index is 12.4. The van der Waals surface area contributed by atoms with E-state index in [0.29, 0.717) is 0 Å². The zero-order valence-electron chi connectivity index (χ0n) is 17.3. The number of likely N-dealkylation sites (tertiary alicyclic amines) is 1. The first kappa shape index (κ1) is 21.1. The second-order valence-corrected chi connectivity index (χ2v) is 9.21. The van der Waals surface area contributed by atoms with Gasteiger partial charge in [0.1, 0.15) is 23.5 Å². The van der Waals surface area contributed by atoms with Gasteiger partial charge in [-0.15, -0.1) is 0 Å². The molecule has 6 nitrogen and oxygen atoms in total. The third-order valence-electron chi connectivity index (χ3n) is 4.41. The van der Waals surface area contributed by atoms with E-state index in [-0.39, 0.29) is 18.4 Å². The fourth-order valence-electron chi connectivity index (χ4n) is 3.15. The molecule has 0 aromatic heterocycles. The molecule has 6 heteroatoms. The summed E-state index contributed by atoms with van der Waals surface area (Å²) in [5.41, 5.74) is 1.40. The number of carboxylic acid groups (broad SMARTS) is 1. The Morgan fingerprint density at radius 2 is 1.78 bits per heavy atom. The molecule has 0 spiro atoms. The molecule has 150 valence electrons. The molecule has 1 aliphatic heterocycles. The number of rotatable bonds is 3. The first-order valence-electron chi connectivity index (χ1n) is 9.28. The quantitative estimate of drug-likeness (QED) is 0.857.